The van der Waals surface area contributed by atoms with Crippen molar-refractivity contribution in [1.82, 2.24) is 0 Å². The molecule has 0 aliphatic heterocycles. The van der Waals surface area contributed by atoms with Crippen molar-refractivity contribution < 1.29 is 8.78 Å². The van der Waals surface area contributed by atoms with Crippen molar-refractivity contribution in [1.29, 1.82) is 0 Å². The molecule has 0 unspecified atom stereocenters. The molecule has 0 amide bonds. The minimum Gasteiger partial charge on any atom is -0.320 e. The Morgan fingerprint density at radius 1 is 1.00 bits per heavy atom. The fourth-order valence-corrected chi connectivity index (χ4v) is 2.77. The Bertz CT molecular complexity index is 411. The molecule has 0 atom stereocenters. The molecule has 1 nitrogen and oxygen atoms in total. The molecule has 0 heterocycles. The second-order valence-corrected chi connectivity index (χ2v) is 6.25. The first-order valence-corrected chi connectivity index (χ1v) is 7.09. The summed E-state index contributed by atoms with van der Waals surface area (Å²) in [7, 11) is 0. The van der Waals surface area contributed by atoms with E-state index in [4.69, 9.17) is 5.73 Å². The van der Waals surface area contributed by atoms with Gasteiger partial charge in [-0.1, -0.05) is 43.5 Å². The SMILES string of the molecule is CC(C)(N)C(F)(F)c1ccc(C2CCCCC2)cc1. The van der Waals surface area contributed by atoms with Gasteiger partial charge in [-0.05, 0) is 38.2 Å². The number of halogens is 2. The van der Waals surface area contributed by atoms with Gasteiger partial charge in [0.05, 0.1) is 5.54 Å². The van der Waals surface area contributed by atoms with Crippen LogP contribution in [0.25, 0.3) is 0 Å². The van der Waals surface area contributed by atoms with Gasteiger partial charge in [-0.2, -0.15) is 8.78 Å². The molecule has 2 rings (SSSR count). The summed E-state index contributed by atoms with van der Waals surface area (Å²) in [5.74, 6) is -2.46. The summed E-state index contributed by atoms with van der Waals surface area (Å²) in [6, 6.07) is 6.78. The van der Waals surface area contributed by atoms with Gasteiger partial charge in [0.15, 0.2) is 0 Å². The third-order valence-electron chi connectivity index (χ3n) is 4.16. The number of nitrogens with two attached hydrogens (primary N) is 1. The number of benzene rings is 1. The van der Waals surface area contributed by atoms with Crippen molar-refractivity contribution in [3.63, 3.8) is 0 Å². The number of hydrogen-bond donors (Lipinski definition) is 1. The van der Waals surface area contributed by atoms with E-state index in [0.29, 0.717) is 5.92 Å². The first kappa shape index (κ1) is 14.4. The van der Waals surface area contributed by atoms with E-state index < -0.39 is 11.5 Å². The quantitative estimate of drug-likeness (QED) is 0.853. The predicted octanol–water partition coefficient (Wildman–Crippen LogP) is 4.56. The maximum absolute atomic E-state index is 14.1. The Morgan fingerprint density at radius 3 is 2.00 bits per heavy atom. The van der Waals surface area contributed by atoms with Gasteiger partial charge in [-0.25, -0.2) is 0 Å². The highest BCUT2D eigenvalue weighted by atomic mass is 19.3. The Labute approximate surface area is 114 Å². The molecule has 1 fully saturated rings. The molecule has 2 N–H and O–H groups in total. The zero-order valence-corrected chi connectivity index (χ0v) is 11.8. The third kappa shape index (κ3) is 2.97. The highest BCUT2D eigenvalue weighted by Crippen LogP contribution is 2.38. The molecule has 1 aromatic rings. The van der Waals surface area contributed by atoms with Crippen molar-refractivity contribution in [2.45, 2.75) is 63.3 Å². The molecule has 0 aromatic heterocycles. The predicted molar refractivity (Wildman–Crippen MR) is 74.4 cm³/mol. The lowest BCUT2D eigenvalue weighted by Crippen LogP contribution is -2.48. The molecular weight excluding hydrogens is 244 g/mol. The maximum atomic E-state index is 14.1. The van der Waals surface area contributed by atoms with Gasteiger partial charge in [0.1, 0.15) is 0 Å². The summed E-state index contributed by atoms with van der Waals surface area (Å²) in [6.45, 7) is 2.73. The summed E-state index contributed by atoms with van der Waals surface area (Å²) in [6.07, 6.45) is 6.15. The molecule has 19 heavy (non-hydrogen) atoms. The second kappa shape index (κ2) is 5.20. The second-order valence-electron chi connectivity index (χ2n) is 6.25. The lowest BCUT2D eigenvalue weighted by molar-refractivity contribution is -0.0672. The van der Waals surface area contributed by atoms with Gasteiger partial charge in [-0.3, -0.25) is 0 Å². The van der Waals surface area contributed by atoms with Crippen molar-refractivity contribution in [3.05, 3.63) is 35.4 Å². The van der Waals surface area contributed by atoms with Crippen LogP contribution in [-0.4, -0.2) is 5.54 Å². The van der Waals surface area contributed by atoms with Gasteiger partial charge >= 0.3 is 0 Å². The van der Waals surface area contributed by atoms with E-state index in [1.54, 1.807) is 12.1 Å². The molecule has 0 bridgehead atoms. The highest BCUT2D eigenvalue weighted by molar-refractivity contribution is 5.30. The molecule has 1 aromatic carbocycles. The molecule has 0 saturated heterocycles. The largest absolute Gasteiger partial charge is 0.320 e. The third-order valence-corrected chi connectivity index (χ3v) is 4.16. The Morgan fingerprint density at radius 2 is 1.53 bits per heavy atom. The molecule has 0 radical (unpaired) electrons. The van der Waals surface area contributed by atoms with Gasteiger partial charge in [0.2, 0.25) is 0 Å². The summed E-state index contributed by atoms with van der Waals surface area (Å²) in [4.78, 5) is 0. The lowest BCUT2D eigenvalue weighted by atomic mass is 9.83. The van der Waals surface area contributed by atoms with Crippen LogP contribution in [0.4, 0.5) is 8.78 Å². The molecular formula is C16H23F2N. The van der Waals surface area contributed by atoms with Crippen molar-refractivity contribution in [3.8, 4) is 0 Å². The zero-order valence-electron chi connectivity index (χ0n) is 11.8. The molecule has 0 spiro atoms. The van der Waals surface area contributed by atoms with Crippen LogP contribution in [0.1, 0.15) is 63.0 Å². The topological polar surface area (TPSA) is 26.0 Å². The molecule has 1 saturated carbocycles. The summed E-state index contributed by atoms with van der Waals surface area (Å²) in [5.41, 5.74) is 5.24. The lowest BCUT2D eigenvalue weighted by Gasteiger charge is -2.31. The van der Waals surface area contributed by atoms with E-state index in [-0.39, 0.29) is 5.56 Å². The Balaban J connectivity index is 2.18. The van der Waals surface area contributed by atoms with Crippen molar-refractivity contribution in [2.24, 2.45) is 5.73 Å². The highest BCUT2D eigenvalue weighted by Gasteiger charge is 2.45. The van der Waals surface area contributed by atoms with E-state index in [0.717, 1.165) is 0 Å². The molecule has 3 heteroatoms. The first-order valence-electron chi connectivity index (χ1n) is 7.09. The fourth-order valence-electron chi connectivity index (χ4n) is 2.77. The minimum absolute atomic E-state index is 0.0135. The number of hydrogen-bond acceptors (Lipinski definition) is 1. The van der Waals surface area contributed by atoms with E-state index in [1.165, 1.54) is 51.5 Å². The van der Waals surface area contributed by atoms with Crippen LogP contribution in [0, 0.1) is 0 Å². The molecule has 1 aliphatic carbocycles. The van der Waals surface area contributed by atoms with Crippen LogP contribution in [0.3, 0.4) is 0 Å². The standard InChI is InChI=1S/C16H23F2N/c1-15(2,19)16(17,18)14-10-8-13(9-11-14)12-6-4-3-5-7-12/h8-12H,3-7,19H2,1-2H3. The van der Waals surface area contributed by atoms with E-state index in [9.17, 15) is 8.78 Å². The van der Waals surface area contributed by atoms with Crippen LogP contribution >= 0.6 is 0 Å². The van der Waals surface area contributed by atoms with Gasteiger partial charge < -0.3 is 5.73 Å². The number of rotatable bonds is 3. The van der Waals surface area contributed by atoms with Crippen LogP contribution in [0.2, 0.25) is 0 Å². The smallest absolute Gasteiger partial charge is 0.290 e. The Kier molecular flexibility index (Phi) is 3.95. The van der Waals surface area contributed by atoms with Crippen LogP contribution in [0.15, 0.2) is 24.3 Å². The van der Waals surface area contributed by atoms with E-state index in [2.05, 4.69) is 0 Å². The Hall–Kier alpha value is -0.960. The summed E-state index contributed by atoms with van der Waals surface area (Å²) in [5, 5.41) is 0. The van der Waals surface area contributed by atoms with Gasteiger partial charge in [0.25, 0.3) is 5.92 Å². The molecule has 106 valence electrons. The van der Waals surface area contributed by atoms with E-state index >= 15 is 0 Å². The van der Waals surface area contributed by atoms with Crippen LogP contribution < -0.4 is 5.73 Å². The van der Waals surface area contributed by atoms with Crippen LogP contribution in [-0.2, 0) is 5.92 Å². The maximum Gasteiger partial charge on any atom is 0.290 e. The normalized spacial score (nSPS) is 18.6. The monoisotopic (exact) mass is 267 g/mol. The van der Waals surface area contributed by atoms with Crippen molar-refractivity contribution in [2.75, 3.05) is 0 Å². The zero-order chi connectivity index (χ0) is 14.1. The van der Waals surface area contributed by atoms with Crippen LogP contribution in [0.5, 0.6) is 0 Å². The van der Waals surface area contributed by atoms with E-state index in [1.807, 2.05) is 12.1 Å². The summed E-state index contributed by atoms with van der Waals surface area (Å²) < 4.78 is 28.2. The van der Waals surface area contributed by atoms with Crippen molar-refractivity contribution >= 4 is 0 Å². The average Bonchev–Trinajstić information content (AvgIpc) is 2.39. The number of alkyl halides is 2. The molecule has 1 aliphatic rings. The fraction of sp³-hybridized carbons (Fsp3) is 0.625. The minimum atomic E-state index is -3.00. The first-order chi connectivity index (χ1) is 8.82. The summed E-state index contributed by atoms with van der Waals surface area (Å²) >= 11 is 0. The average molecular weight is 267 g/mol. The van der Waals surface area contributed by atoms with Gasteiger partial charge in [0, 0.05) is 5.56 Å². The van der Waals surface area contributed by atoms with Gasteiger partial charge in [-0.15, -0.1) is 0 Å².